The van der Waals surface area contributed by atoms with Gasteiger partial charge in [-0.3, -0.25) is 0 Å². The second kappa shape index (κ2) is 16.5. The second-order valence-electron chi connectivity index (χ2n) is 7.30. The van der Waals surface area contributed by atoms with Crippen LogP contribution >= 0.6 is 15.6 Å². The monoisotopic (exact) mass is 726 g/mol. The molecule has 1 fully saturated rings. The predicted octanol–water partition coefficient (Wildman–Crippen LogP) is 13.1. The second-order valence-corrected chi connectivity index (χ2v) is 11.1. The summed E-state index contributed by atoms with van der Waals surface area (Å²) >= 11 is 0. The molecule has 1 aliphatic rings. The molecule has 0 bridgehead atoms. The van der Waals surface area contributed by atoms with Gasteiger partial charge in [0, 0.05) is 13.8 Å². The van der Waals surface area contributed by atoms with E-state index in [4.69, 9.17) is 10.5 Å². The first-order valence-electron chi connectivity index (χ1n) is 10.2. The molecule has 17 heteroatoms. The SMILES string of the molecule is CC#N.CC#N.C[C]1[C](C)[C](C)[C](C)[C]1C.F[P-](F)(F)(F)(F)F.F[P-](F)(F)(F)(F)F.[CH2][CH][CH]c1ccccc1.[Ru+4]. The third kappa shape index (κ3) is 53.1. The Morgan fingerprint density at radius 1 is 0.575 bits per heavy atom. The van der Waals surface area contributed by atoms with Crippen LogP contribution in [0.4, 0.5) is 50.4 Å². The van der Waals surface area contributed by atoms with Gasteiger partial charge < -0.3 is 0 Å². The van der Waals surface area contributed by atoms with Gasteiger partial charge in [0.05, 0.1) is 12.1 Å². The fourth-order valence-electron chi connectivity index (χ4n) is 2.11. The summed E-state index contributed by atoms with van der Waals surface area (Å²) in [5, 5.41) is 14.6. The van der Waals surface area contributed by atoms with E-state index >= 15 is 0 Å². The standard InChI is InChI=1S/C10H15.C9H9.2C2H3N.2F6P.Ru/c1-6-7(2)9(4)10(5)8(6)3;1-2-6-9-7-4-3-5-8-9;2*1-2-3;2*1-7(2,3,4,5)6;/h1-5H3;2-8H,1H2;2*1H3;;;/q;;;;2*-1;+4. The van der Waals surface area contributed by atoms with Gasteiger partial charge in [-0.25, -0.2) is 0 Å². The molecule has 0 heterocycles. The summed E-state index contributed by atoms with van der Waals surface area (Å²) < 4.78 is 118. The smallest absolute Gasteiger partial charge is 0.0622 e. The zero-order valence-electron chi connectivity index (χ0n) is 22.4. The first-order valence-corrected chi connectivity index (χ1v) is 14.2. The summed E-state index contributed by atoms with van der Waals surface area (Å²) in [5.74, 6) is 7.34. The maximum Gasteiger partial charge on any atom is 4.00 e. The molecule has 8 radical (unpaired) electrons. The Hall–Kier alpha value is -1.16. The maximum atomic E-state index is 9.87. The summed E-state index contributed by atoms with van der Waals surface area (Å²) in [4.78, 5) is 0. The van der Waals surface area contributed by atoms with Crippen molar-refractivity contribution >= 4 is 15.6 Å². The minimum atomic E-state index is -10.7. The number of hydrogen-bond acceptors (Lipinski definition) is 2. The van der Waals surface area contributed by atoms with Gasteiger partial charge in [0.15, 0.2) is 0 Å². The average molecular weight is 726 g/mol. The van der Waals surface area contributed by atoms with Crippen LogP contribution in [-0.2, 0) is 19.5 Å². The topological polar surface area (TPSA) is 47.6 Å². The molecule has 0 aliphatic heterocycles. The molecule has 40 heavy (non-hydrogen) atoms. The Labute approximate surface area is 241 Å². The van der Waals surface area contributed by atoms with Gasteiger partial charge in [-0.05, 0) is 54.9 Å². The fraction of sp³-hybridized carbons (Fsp3) is 0.304. The van der Waals surface area contributed by atoms with Crippen LogP contribution in [0.2, 0.25) is 0 Å². The summed E-state index contributed by atoms with van der Waals surface area (Å²) in [6, 6.07) is 13.6. The van der Waals surface area contributed by atoms with Crippen LogP contribution in [-0.4, -0.2) is 0 Å². The van der Waals surface area contributed by atoms with Crippen LogP contribution in [0.15, 0.2) is 30.3 Å². The molecule has 1 saturated carbocycles. The third-order valence-electron chi connectivity index (χ3n) is 3.92. The molecule has 0 aromatic heterocycles. The molecule has 0 N–H and O–H groups in total. The Bertz CT molecular complexity index is 787. The molecule has 0 spiro atoms. The number of halogens is 12. The van der Waals surface area contributed by atoms with E-state index < -0.39 is 15.6 Å². The van der Waals surface area contributed by atoms with Crippen molar-refractivity contribution in [3.8, 4) is 12.1 Å². The van der Waals surface area contributed by atoms with Crippen LogP contribution in [0.3, 0.4) is 0 Å². The van der Waals surface area contributed by atoms with Crippen molar-refractivity contribution in [1.29, 1.82) is 10.5 Å². The predicted molar refractivity (Wildman–Crippen MR) is 134 cm³/mol. The van der Waals surface area contributed by atoms with E-state index in [-0.39, 0.29) is 19.5 Å². The van der Waals surface area contributed by atoms with E-state index in [9.17, 15) is 50.4 Å². The molecule has 2 rings (SSSR count). The minimum absolute atomic E-state index is 0. The van der Waals surface area contributed by atoms with Crippen molar-refractivity contribution in [2.24, 2.45) is 0 Å². The van der Waals surface area contributed by atoms with Crippen molar-refractivity contribution in [3.05, 3.63) is 85.3 Å². The molecule has 0 amide bonds. The number of hydrogen-bond donors (Lipinski definition) is 0. The van der Waals surface area contributed by atoms with E-state index in [2.05, 4.69) is 41.5 Å². The number of nitriles is 2. The van der Waals surface area contributed by atoms with Crippen LogP contribution in [0.5, 0.6) is 0 Å². The van der Waals surface area contributed by atoms with E-state index in [0.29, 0.717) is 0 Å². The van der Waals surface area contributed by atoms with Gasteiger partial charge >= 0.3 is 85.5 Å². The van der Waals surface area contributed by atoms with Crippen molar-refractivity contribution in [2.75, 3.05) is 0 Å². The maximum absolute atomic E-state index is 10.7. The molecule has 1 aromatic carbocycles. The molecule has 1 aromatic rings. The van der Waals surface area contributed by atoms with Crippen molar-refractivity contribution in [2.45, 2.75) is 48.5 Å². The fourth-order valence-corrected chi connectivity index (χ4v) is 2.11. The van der Waals surface area contributed by atoms with E-state index in [1.165, 1.54) is 49.0 Å². The molecular weight excluding hydrogens is 695 g/mol. The number of benzene rings is 1. The molecule has 2 nitrogen and oxygen atoms in total. The van der Waals surface area contributed by atoms with Crippen LogP contribution < -0.4 is 0 Å². The first-order chi connectivity index (χ1) is 16.7. The zero-order valence-corrected chi connectivity index (χ0v) is 26.0. The largest absolute Gasteiger partial charge is 4.00 e. The molecule has 0 saturated heterocycles. The van der Waals surface area contributed by atoms with Crippen LogP contribution in [0.1, 0.15) is 54.0 Å². The van der Waals surface area contributed by atoms with Crippen LogP contribution in [0, 0.1) is 72.0 Å². The van der Waals surface area contributed by atoms with Gasteiger partial charge in [-0.2, -0.15) is 10.5 Å². The number of nitrogens with zero attached hydrogens (tertiary/aromatic N) is 2. The molecule has 232 valence electrons. The minimum Gasteiger partial charge on any atom is -0.0622 e. The van der Waals surface area contributed by atoms with Crippen molar-refractivity contribution in [3.63, 3.8) is 0 Å². The summed E-state index contributed by atoms with van der Waals surface area (Å²) in [5.41, 5.74) is 1.20. The Morgan fingerprint density at radius 3 is 0.900 bits per heavy atom. The zero-order chi connectivity index (χ0) is 32.6. The Balaban J connectivity index is -0.000000128. The average Bonchev–Trinajstić information content (AvgIpc) is 2.84. The van der Waals surface area contributed by atoms with Gasteiger partial charge in [0.1, 0.15) is 0 Å². The first kappa shape index (κ1) is 48.6. The molecule has 0 unspecified atom stereocenters. The summed E-state index contributed by atoms with van der Waals surface area (Å²) in [6.45, 7) is 17.5. The van der Waals surface area contributed by atoms with E-state index in [1.807, 2.05) is 36.8 Å². The molecule has 1 aliphatic carbocycles. The molecular formula is C23H30F12N2P2Ru+2. The normalized spacial score (nSPS) is 17.8. The van der Waals surface area contributed by atoms with Crippen molar-refractivity contribution < 1.29 is 69.8 Å². The van der Waals surface area contributed by atoms with Crippen LogP contribution in [0.25, 0.3) is 0 Å². The van der Waals surface area contributed by atoms with Gasteiger partial charge in [0.2, 0.25) is 0 Å². The molecule has 0 atom stereocenters. The number of rotatable bonds is 2. The Kier molecular flexibility index (Phi) is 20.0. The third-order valence-corrected chi connectivity index (χ3v) is 3.92. The van der Waals surface area contributed by atoms with E-state index in [1.54, 1.807) is 18.6 Å². The quantitative estimate of drug-likeness (QED) is 0.173. The van der Waals surface area contributed by atoms with Crippen molar-refractivity contribution in [1.82, 2.24) is 0 Å². The summed E-state index contributed by atoms with van der Waals surface area (Å²) in [6.07, 6.45) is 3.76. The van der Waals surface area contributed by atoms with E-state index in [0.717, 1.165) is 0 Å². The Morgan fingerprint density at radius 2 is 0.750 bits per heavy atom. The summed E-state index contributed by atoms with van der Waals surface area (Å²) in [7, 11) is -21.3. The van der Waals surface area contributed by atoms with Gasteiger partial charge in [-0.15, -0.1) is 0 Å². The van der Waals surface area contributed by atoms with Gasteiger partial charge in [0.25, 0.3) is 0 Å². The van der Waals surface area contributed by atoms with Gasteiger partial charge in [-0.1, -0.05) is 65.0 Å².